The number of esters is 1. The van der Waals surface area contributed by atoms with Crippen LogP contribution in [0.3, 0.4) is 0 Å². The van der Waals surface area contributed by atoms with Crippen molar-refractivity contribution in [1.29, 1.82) is 0 Å². The monoisotopic (exact) mass is 612 g/mol. The first kappa shape index (κ1) is 30.8. The number of hydrogen-bond acceptors (Lipinski definition) is 15. The summed E-state index contributed by atoms with van der Waals surface area (Å²) in [5, 5.41) is 72.4. The first-order chi connectivity index (χ1) is 20.6. The van der Waals surface area contributed by atoms with E-state index in [-0.39, 0.29) is 5.56 Å². The lowest BCUT2D eigenvalue weighted by Crippen LogP contribution is -2.61. The molecule has 0 bridgehead atoms. The number of hydrogen-bond donors (Lipinski definition) is 7. The molecule has 0 radical (unpaired) electrons. The van der Waals surface area contributed by atoms with Crippen molar-refractivity contribution in [2.45, 2.75) is 92.4 Å². The predicted molar refractivity (Wildman–Crippen MR) is 137 cm³/mol. The molecular weight excluding hydrogens is 576 g/mol. The van der Waals surface area contributed by atoms with E-state index < -0.39 is 117 Å². The lowest BCUT2D eigenvalue weighted by molar-refractivity contribution is -0.346. The zero-order chi connectivity index (χ0) is 30.6. The Hall–Kier alpha value is -2.25. The SMILES string of the molecule is CC1OC(OC2C3C=COC(OC4OC(CO)C(O)C(O)C4O)C3C3(CO)OC23)C(O)C(OC(=O)c2ccccc2)C1O. The number of aliphatic hydroxyl groups excluding tert-OH is 7. The average molecular weight is 613 g/mol. The Balaban J connectivity index is 1.18. The number of ether oxygens (including phenoxy) is 7. The molecule has 0 amide bonds. The van der Waals surface area contributed by atoms with Crippen molar-refractivity contribution < 1.29 is 73.7 Å². The van der Waals surface area contributed by atoms with Crippen molar-refractivity contribution in [2.24, 2.45) is 11.8 Å². The maximum Gasteiger partial charge on any atom is 0.338 e. The smallest absolute Gasteiger partial charge is 0.338 e. The molecule has 1 aliphatic carbocycles. The molecule has 4 aliphatic heterocycles. The van der Waals surface area contributed by atoms with Crippen LogP contribution in [0.2, 0.25) is 0 Å². The molecule has 238 valence electrons. The summed E-state index contributed by atoms with van der Waals surface area (Å²) in [7, 11) is 0. The van der Waals surface area contributed by atoms with Gasteiger partial charge in [-0.15, -0.1) is 0 Å². The summed E-state index contributed by atoms with van der Waals surface area (Å²) < 4.78 is 40.4. The van der Waals surface area contributed by atoms with E-state index in [9.17, 15) is 40.5 Å². The molecule has 1 aromatic rings. The van der Waals surface area contributed by atoms with E-state index in [4.69, 9.17) is 33.2 Å². The van der Waals surface area contributed by atoms with Gasteiger partial charge < -0.3 is 68.9 Å². The molecule has 15 heteroatoms. The van der Waals surface area contributed by atoms with Gasteiger partial charge in [0.05, 0.1) is 43.2 Å². The molecule has 6 rings (SSSR count). The van der Waals surface area contributed by atoms with Crippen LogP contribution < -0.4 is 0 Å². The lowest BCUT2D eigenvalue weighted by atomic mass is 9.85. The van der Waals surface area contributed by atoms with Crippen LogP contribution in [0.1, 0.15) is 17.3 Å². The Labute approximate surface area is 245 Å². The highest BCUT2D eigenvalue weighted by atomic mass is 16.8. The first-order valence-corrected chi connectivity index (χ1v) is 14.1. The fourth-order valence-electron chi connectivity index (χ4n) is 6.48. The van der Waals surface area contributed by atoms with Crippen molar-refractivity contribution in [3.63, 3.8) is 0 Å². The highest BCUT2D eigenvalue weighted by molar-refractivity contribution is 5.89. The van der Waals surface area contributed by atoms with E-state index in [0.717, 1.165) is 0 Å². The zero-order valence-corrected chi connectivity index (χ0v) is 23.0. The summed E-state index contributed by atoms with van der Waals surface area (Å²) in [4.78, 5) is 12.7. The van der Waals surface area contributed by atoms with Crippen molar-refractivity contribution in [3.8, 4) is 0 Å². The molecule has 7 N–H and O–H groups in total. The molecule has 16 atom stereocenters. The van der Waals surface area contributed by atoms with Gasteiger partial charge in [0.2, 0.25) is 6.29 Å². The molecule has 4 heterocycles. The fraction of sp³-hybridized carbons (Fsp3) is 0.679. The summed E-state index contributed by atoms with van der Waals surface area (Å²) in [5.41, 5.74) is -0.975. The van der Waals surface area contributed by atoms with Crippen LogP contribution >= 0.6 is 0 Å². The lowest BCUT2D eigenvalue weighted by Gasteiger charge is -2.44. The number of aliphatic hydroxyl groups is 7. The van der Waals surface area contributed by atoms with E-state index in [1.165, 1.54) is 25.3 Å². The molecule has 0 aromatic heterocycles. The van der Waals surface area contributed by atoms with Gasteiger partial charge in [-0.2, -0.15) is 0 Å². The van der Waals surface area contributed by atoms with Crippen molar-refractivity contribution in [1.82, 2.24) is 0 Å². The van der Waals surface area contributed by atoms with Gasteiger partial charge in [-0.25, -0.2) is 4.79 Å². The molecule has 1 saturated carbocycles. The number of carbonyl (C=O) groups excluding carboxylic acids is 1. The number of rotatable bonds is 8. The van der Waals surface area contributed by atoms with Crippen molar-refractivity contribution in [2.75, 3.05) is 13.2 Å². The molecule has 43 heavy (non-hydrogen) atoms. The van der Waals surface area contributed by atoms with E-state index in [1.807, 2.05) is 0 Å². The van der Waals surface area contributed by atoms with Gasteiger partial charge in [-0.1, -0.05) is 18.2 Å². The Bertz CT molecular complexity index is 1170. The maximum absolute atomic E-state index is 12.7. The maximum atomic E-state index is 12.7. The zero-order valence-electron chi connectivity index (χ0n) is 23.0. The van der Waals surface area contributed by atoms with E-state index in [0.29, 0.717) is 0 Å². The molecule has 15 nitrogen and oxygen atoms in total. The molecule has 1 aromatic carbocycles. The van der Waals surface area contributed by atoms with Gasteiger partial charge in [0.15, 0.2) is 18.7 Å². The molecular formula is C28H36O15. The number of benzene rings is 1. The van der Waals surface area contributed by atoms with Gasteiger partial charge in [-0.3, -0.25) is 0 Å². The number of epoxide rings is 1. The normalized spacial score (nSPS) is 48.6. The van der Waals surface area contributed by atoms with Crippen LogP contribution in [0.5, 0.6) is 0 Å². The van der Waals surface area contributed by atoms with E-state index in [2.05, 4.69) is 0 Å². The van der Waals surface area contributed by atoms with Gasteiger partial charge in [0.1, 0.15) is 48.3 Å². The predicted octanol–water partition coefficient (Wildman–Crippen LogP) is -2.87. The van der Waals surface area contributed by atoms with Gasteiger partial charge in [-0.05, 0) is 25.1 Å². The Morgan fingerprint density at radius 2 is 1.58 bits per heavy atom. The van der Waals surface area contributed by atoms with Gasteiger partial charge >= 0.3 is 5.97 Å². The minimum atomic E-state index is -1.69. The topological polar surface area (TPSA) is 227 Å². The standard InChI is InChI=1S/C28H36O15/c1-11-16(31)22(40-24(36)12-5-3-2-4-6-12)20(35)27(38-11)41-21-13-7-8-37-25(15(13)28(10-30)23(21)43-28)42-26-19(34)18(33)17(32)14(9-29)39-26/h2-8,11,13-23,25-27,29-35H,9-10H2,1H3. The molecule has 3 saturated heterocycles. The second kappa shape index (κ2) is 11.9. The molecule has 4 fully saturated rings. The summed E-state index contributed by atoms with van der Waals surface area (Å²) in [6, 6.07) is 8.10. The second-order valence-electron chi connectivity index (χ2n) is 11.4. The molecule has 0 spiro atoms. The quantitative estimate of drug-likeness (QED) is 0.116. The minimum absolute atomic E-state index is 0.231. The average Bonchev–Trinajstić information content (AvgIpc) is 3.69. The molecule has 16 unspecified atom stereocenters. The van der Waals surface area contributed by atoms with Crippen LogP contribution in [0, 0.1) is 11.8 Å². The third kappa shape index (κ3) is 5.26. The summed E-state index contributed by atoms with van der Waals surface area (Å²) >= 11 is 0. The number of fused-ring (bicyclic) bond motifs is 3. The van der Waals surface area contributed by atoms with Crippen LogP contribution in [0.15, 0.2) is 42.7 Å². The third-order valence-corrected chi connectivity index (χ3v) is 8.92. The van der Waals surface area contributed by atoms with Crippen LogP contribution in [-0.4, -0.2) is 140 Å². The van der Waals surface area contributed by atoms with Crippen LogP contribution in [0.4, 0.5) is 0 Å². The van der Waals surface area contributed by atoms with E-state index >= 15 is 0 Å². The Morgan fingerprint density at radius 3 is 2.28 bits per heavy atom. The van der Waals surface area contributed by atoms with Crippen molar-refractivity contribution >= 4 is 5.97 Å². The minimum Gasteiger partial charge on any atom is -0.472 e. The summed E-state index contributed by atoms with van der Waals surface area (Å²) in [6.45, 7) is 0.422. The van der Waals surface area contributed by atoms with Gasteiger partial charge in [0.25, 0.3) is 0 Å². The summed E-state index contributed by atoms with van der Waals surface area (Å²) in [6.07, 6.45) is -14.0. The largest absolute Gasteiger partial charge is 0.472 e. The Kier molecular flexibility index (Phi) is 8.53. The Morgan fingerprint density at radius 1 is 0.860 bits per heavy atom. The van der Waals surface area contributed by atoms with Gasteiger partial charge in [0, 0.05) is 5.92 Å². The second-order valence-corrected chi connectivity index (χ2v) is 11.4. The van der Waals surface area contributed by atoms with Crippen molar-refractivity contribution in [3.05, 3.63) is 48.2 Å². The summed E-state index contributed by atoms with van der Waals surface area (Å²) in [5.74, 6) is -2.03. The first-order valence-electron chi connectivity index (χ1n) is 14.1. The molecule has 5 aliphatic rings. The third-order valence-electron chi connectivity index (χ3n) is 8.92. The van der Waals surface area contributed by atoms with Crippen LogP contribution in [0.25, 0.3) is 0 Å². The fourth-order valence-corrected chi connectivity index (χ4v) is 6.48. The highest BCUT2D eigenvalue weighted by Gasteiger charge is 2.77. The van der Waals surface area contributed by atoms with Crippen LogP contribution in [-0.2, 0) is 33.2 Å². The highest BCUT2D eigenvalue weighted by Crippen LogP contribution is 2.61. The van der Waals surface area contributed by atoms with E-state index in [1.54, 1.807) is 24.3 Å². The number of carbonyl (C=O) groups is 1.